The van der Waals surface area contributed by atoms with Gasteiger partial charge in [-0.05, 0) is 48.4 Å². The highest BCUT2D eigenvalue weighted by atomic mass is 79.9. The molecule has 0 bridgehead atoms. The Labute approximate surface area is 114 Å². The van der Waals surface area contributed by atoms with Crippen LogP contribution >= 0.6 is 15.9 Å². The Hall–Kier alpha value is -1.48. The maximum absolute atomic E-state index is 13.2. The molecule has 2 aromatic carbocycles. The van der Waals surface area contributed by atoms with Crippen molar-refractivity contribution in [2.24, 2.45) is 0 Å². The SMILES string of the molecule is Cc1cc(F)cc(C(=O)Cc2cccc(Br)c2)c1. The van der Waals surface area contributed by atoms with Crippen LogP contribution in [0.5, 0.6) is 0 Å². The fourth-order valence-electron chi connectivity index (χ4n) is 1.83. The van der Waals surface area contributed by atoms with Crippen LogP contribution in [0.15, 0.2) is 46.9 Å². The molecule has 0 N–H and O–H groups in total. The summed E-state index contributed by atoms with van der Waals surface area (Å²) in [5, 5.41) is 0. The van der Waals surface area contributed by atoms with E-state index in [4.69, 9.17) is 0 Å². The van der Waals surface area contributed by atoms with Gasteiger partial charge in [0.1, 0.15) is 5.82 Å². The van der Waals surface area contributed by atoms with Gasteiger partial charge < -0.3 is 0 Å². The summed E-state index contributed by atoms with van der Waals surface area (Å²) in [6.45, 7) is 1.78. The largest absolute Gasteiger partial charge is 0.294 e. The quantitative estimate of drug-likeness (QED) is 0.772. The van der Waals surface area contributed by atoms with Crippen LogP contribution in [0.25, 0.3) is 0 Å². The van der Waals surface area contributed by atoms with Crippen molar-refractivity contribution in [3.05, 3.63) is 69.4 Å². The molecule has 0 radical (unpaired) electrons. The van der Waals surface area contributed by atoms with Crippen molar-refractivity contribution in [1.29, 1.82) is 0 Å². The Morgan fingerprint density at radius 2 is 2.00 bits per heavy atom. The lowest BCUT2D eigenvalue weighted by Crippen LogP contribution is -2.04. The predicted molar refractivity (Wildman–Crippen MR) is 73.3 cm³/mol. The van der Waals surface area contributed by atoms with E-state index in [9.17, 15) is 9.18 Å². The van der Waals surface area contributed by atoms with Gasteiger partial charge in [-0.1, -0.05) is 28.1 Å². The van der Waals surface area contributed by atoms with Gasteiger partial charge in [-0.3, -0.25) is 4.79 Å². The number of hydrogen-bond acceptors (Lipinski definition) is 1. The Kier molecular flexibility index (Phi) is 3.92. The minimum absolute atomic E-state index is 0.0734. The number of rotatable bonds is 3. The summed E-state index contributed by atoms with van der Waals surface area (Å²) in [5.74, 6) is -0.441. The second-order valence-corrected chi connectivity index (χ2v) is 5.16. The van der Waals surface area contributed by atoms with Crippen molar-refractivity contribution < 1.29 is 9.18 Å². The molecular formula is C15H12BrFO. The van der Waals surface area contributed by atoms with Gasteiger partial charge in [0.2, 0.25) is 0 Å². The zero-order chi connectivity index (χ0) is 13.1. The summed E-state index contributed by atoms with van der Waals surface area (Å²) in [5.41, 5.74) is 2.09. The fourth-order valence-corrected chi connectivity index (χ4v) is 2.28. The zero-order valence-electron chi connectivity index (χ0n) is 9.91. The van der Waals surface area contributed by atoms with E-state index in [0.29, 0.717) is 5.56 Å². The highest BCUT2D eigenvalue weighted by molar-refractivity contribution is 9.10. The highest BCUT2D eigenvalue weighted by Crippen LogP contribution is 2.15. The zero-order valence-corrected chi connectivity index (χ0v) is 11.5. The molecule has 0 aliphatic rings. The third-order valence-corrected chi connectivity index (χ3v) is 3.11. The van der Waals surface area contributed by atoms with Crippen LogP contribution in [0.1, 0.15) is 21.5 Å². The van der Waals surface area contributed by atoms with E-state index in [0.717, 1.165) is 15.6 Å². The molecule has 18 heavy (non-hydrogen) atoms. The normalized spacial score (nSPS) is 10.4. The van der Waals surface area contributed by atoms with Gasteiger partial charge in [0.15, 0.2) is 5.78 Å². The maximum Gasteiger partial charge on any atom is 0.167 e. The average Bonchev–Trinajstić information content (AvgIpc) is 2.27. The van der Waals surface area contributed by atoms with Crippen LogP contribution < -0.4 is 0 Å². The third kappa shape index (κ3) is 3.26. The van der Waals surface area contributed by atoms with Gasteiger partial charge in [-0.15, -0.1) is 0 Å². The molecule has 0 aliphatic heterocycles. The van der Waals surface area contributed by atoms with E-state index in [1.54, 1.807) is 13.0 Å². The number of halogens is 2. The van der Waals surface area contributed by atoms with E-state index >= 15 is 0 Å². The van der Waals surface area contributed by atoms with Gasteiger partial charge in [0.25, 0.3) is 0 Å². The summed E-state index contributed by atoms with van der Waals surface area (Å²) in [4.78, 5) is 12.0. The second-order valence-electron chi connectivity index (χ2n) is 4.25. The van der Waals surface area contributed by atoms with Crippen molar-refractivity contribution in [3.63, 3.8) is 0 Å². The minimum atomic E-state index is -0.368. The Balaban J connectivity index is 2.22. The van der Waals surface area contributed by atoms with E-state index in [1.165, 1.54) is 12.1 Å². The van der Waals surface area contributed by atoms with Gasteiger partial charge in [-0.25, -0.2) is 4.39 Å². The topological polar surface area (TPSA) is 17.1 Å². The molecule has 0 unspecified atom stereocenters. The molecule has 92 valence electrons. The van der Waals surface area contributed by atoms with E-state index in [1.807, 2.05) is 24.3 Å². The van der Waals surface area contributed by atoms with Crippen LogP contribution in [-0.2, 0) is 6.42 Å². The molecule has 3 heteroatoms. The highest BCUT2D eigenvalue weighted by Gasteiger charge is 2.09. The summed E-state index contributed by atoms with van der Waals surface area (Å²) < 4.78 is 14.2. The first kappa shape index (κ1) is 13.0. The van der Waals surface area contributed by atoms with Gasteiger partial charge in [0.05, 0.1) is 0 Å². The Morgan fingerprint density at radius 3 is 2.67 bits per heavy atom. The molecule has 0 atom stereocenters. The number of aryl methyl sites for hydroxylation is 1. The first-order chi connectivity index (χ1) is 8.54. The molecule has 2 rings (SSSR count). The van der Waals surface area contributed by atoms with E-state index in [2.05, 4.69) is 15.9 Å². The number of Topliss-reactive ketones (excluding diaryl/α,β-unsaturated/α-hetero) is 1. The third-order valence-electron chi connectivity index (χ3n) is 2.62. The molecule has 2 aromatic rings. The Bertz CT molecular complexity index is 573. The van der Waals surface area contributed by atoms with Crippen LogP contribution in [0.4, 0.5) is 4.39 Å². The van der Waals surface area contributed by atoms with Gasteiger partial charge in [-0.2, -0.15) is 0 Å². The van der Waals surface area contributed by atoms with Gasteiger partial charge >= 0.3 is 0 Å². The predicted octanol–water partition coefficient (Wildman–Crippen LogP) is 4.32. The van der Waals surface area contributed by atoms with E-state index < -0.39 is 0 Å². The molecule has 0 fully saturated rings. The molecule has 0 aliphatic carbocycles. The number of ketones is 1. The lowest BCUT2D eigenvalue weighted by atomic mass is 10.0. The van der Waals surface area contributed by atoms with Crippen molar-refractivity contribution >= 4 is 21.7 Å². The van der Waals surface area contributed by atoms with E-state index in [-0.39, 0.29) is 18.0 Å². The van der Waals surface area contributed by atoms with Crippen LogP contribution in [0.3, 0.4) is 0 Å². The fraction of sp³-hybridized carbons (Fsp3) is 0.133. The molecule has 0 amide bonds. The van der Waals surface area contributed by atoms with Crippen LogP contribution in [0.2, 0.25) is 0 Å². The van der Waals surface area contributed by atoms with Crippen LogP contribution in [-0.4, -0.2) is 5.78 Å². The lowest BCUT2D eigenvalue weighted by molar-refractivity contribution is 0.0992. The maximum atomic E-state index is 13.2. The van der Waals surface area contributed by atoms with Crippen molar-refractivity contribution in [3.8, 4) is 0 Å². The minimum Gasteiger partial charge on any atom is -0.294 e. The lowest BCUT2D eigenvalue weighted by Gasteiger charge is -2.04. The molecule has 1 nitrogen and oxygen atoms in total. The second kappa shape index (κ2) is 5.44. The average molecular weight is 307 g/mol. The molecule has 0 saturated heterocycles. The van der Waals surface area contributed by atoms with Crippen molar-refractivity contribution in [2.45, 2.75) is 13.3 Å². The molecule has 0 aromatic heterocycles. The summed E-state index contributed by atoms with van der Waals surface area (Å²) in [6.07, 6.45) is 0.280. The first-order valence-corrected chi connectivity index (χ1v) is 6.39. The summed E-state index contributed by atoms with van der Waals surface area (Å²) in [6, 6.07) is 12.0. The number of hydrogen-bond donors (Lipinski definition) is 0. The number of benzene rings is 2. The summed E-state index contributed by atoms with van der Waals surface area (Å²) in [7, 11) is 0. The van der Waals surface area contributed by atoms with Crippen molar-refractivity contribution in [1.82, 2.24) is 0 Å². The molecular weight excluding hydrogens is 295 g/mol. The first-order valence-electron chi connectivity index (χ1n) is 5.59. The molecule has 0 heterocycles. The molecule has 0 saturated carbocycles. The number of carbonyl (C=O) groups excluding carboxylic acids is 1. The Morgan fingerprint density at radius 1 is 1.22 bits per heavy atom. The summed E-state index contributed by atoms with van der Waals surface area (Å²) >= 11 is 3.36. The monoisotopic (exact) mass is 306 g/mol. The van der Waals surface area contributed by atoms with Crippen LogP contribution in [0, 0.1) is 12.7 Å². The smallest absolute Gasteiger partial charge is 0.167 e. The standard InChI is InChI=1S/C15H12BrFO/c1-10-5-12(9-14(17)6-10)15(18)8-11-3-2-4-13(16)7-11/h2-7,9H,8H2,1H3. The van der Waals surface area contributed by atoms with Crippen molar-refractivity contribution in [2.75, 3.05) is 0 Å². The number of carbonyl (C=O) groups is 1. The molecule has 0 spiro atoms. The van der Waals surface area contributed by atoms with Gasteiger partial charge in [0, 0.05) is 16.5 Å².